The monoisotopic (exact) mass is 221 g/mol. The summed E-state index contributed by atoms with van der Waals surface area (Å²) in [4.78, 5) is 11.9. The number of aryl methyl sites for hydroxylation is 2. The van der Waals surface area contributed by atoms with Crippen LogP contribution < -0.4 is 10.1 Å². The van der Waals surface area contributed by atoms with Crippen molar-refractivity contribution >= 4 is 5.78 Å². The predicted molar refractivity (Wildman–Crippen MR) is 65.3 cm³/mol. The molecule has 1 aromatic carbocycles. The molecule has 0 spiro atoms. The molecule has 0 aliphatic carbocycles. The standard InChI is InChI=1S/C13H19NO2/c1-5-14-8-12(15)11-6-9(2)10(3)7-13(11)16-4/h6-7,14H,5,8H2,1-4H3. The van der Waals surface area contributed by atoms with E-state index in [0.717, 1.165) is 17.7 Å². The number of ketones is 1. The maximum absolute atomic E-state index is 11.9. The van der Waals surface area contributed by atoms with E-state index in [1.165, 1.54) is 0 Å². The van der Waals surface area contributed by atoms with E-state index in [9.17, 15) is 4.79 Å². The number of ether oxygens (including phenoxy) is 1. The molecule has 1 aromatic rings. The number of hydrogen-bond acceptors (Lipinski definition) is 3. The van der Waals surface area contributed by atoms with E-state index in [2.05, 4.69) is 5.32 Å². The lowest BCUT2D eigenvalue weighted by molar-refractivity contribution is 0.0989. The second-order valence-corrected chi connectivity index (χ2v) is 3.84. The minimum atomic E-state index is 0.0711. The van der Waals surface area contributed by atoms with E-state index in [-0.39, 0.29) is 5.78 Å². The van der Waals surface area contributed by atoms with Gasteiger partial charge >= 0.3 is 0 Å². The number of hydrogen-bond donors (Lipinski definition) is 1. The van der Waals surface area contributed by atoms with Crippen molar-refractivity contribution in [2.45, 2.75) is 20.8 Å². The van der Waals surface area contributed by atoms with Gasteiger partial charge in [0.1, 0.15) is 5.75 Å². The van der Waals surface area contributed by atoms with Gasteiger partial charge in [-0.25, -0.2) is 0 Å². The molecule has 0 fully saturated rings. The van der Waals surface area contributed by atoms with Crippen LogP contribution in [0, 0.1) is 13.8 Å². The molecule has 0 saturated heterocycles. The van der Waals surface area contributed by atoms with Crippen LogP contribution in [-0.2, 0) is 0 Å². The van der Waals surface area contributed by atoms with Crippen molar-refractivity contribution in [3.05, 3.63) is 28.8 Å². The van der Waals surface area contributed by atoms with Crippen LogP contribution in [0.15, 0.2) is 12.1 Å². The number of Topliss-reactive ketones (excluding diaryl/α,β-unsaturated/α-hetero) is 1. The van der Waals surface area contributed by atoms with Crippen molar-refractivity contribution in [3.8, 4) is 5.75 Å². The lowest BCUT2D eigenvalue weighted by Gasteiger charge is -2.11. The molecular weight excluding hydrogens is 202 g/mol. The van der Waals surface area contributed by atoms with Gasteiger partial charge in [0, 0.05) is 0 Å². The second-order valence-electron chi connectivity index (χ2n) is 3.84. The number of rotatable bonds is 5. The third-order valence-corrected chi connectivity index (χ3v) is 2.65. The Bertz CT molecular complexity index is 386. The molecule has 0 saturated carbocycles. The SMILES string of the molecule is CCNCC(=O)c1cc(C)c(C)cc1OC. The fourth-order valence-electron chi connectivity index (χ4n) is 1.51. The highest BCUT2D eigenvalue weighted by Crippen LogP contribution is 2.23. The molecule has 16 heavy (non-hydrogen) atoms. The topological polar surface area (TPSA) is 38.3 Å². The number of nitrogens with one attached hydrogen (secondary N) is 1. The quantitative estimate of drug-likeness (QED) is 0.774. The van der Waals surface area contributed by atoms with E-state index in [0.29, 0.717) is 17.9 Å². The summed E-state index contributed by atoms with van der Waals surface area (Å²) in [5.41, 5.74) is 2.91. The van der Waals surface area contributed by atoms with Gasteiger partial charge in [-0.2, -0.15) is 0 Å². The Morgan fingerprint density at radius 3 is 2.50 bits per heavy atom. The lowest BCUT2D eigenvalue weighted by Crippen LogP contribution is -2.23. The summed E-state index contributed by atoms with van der Waals surface area (Å²) in [5, 5.41) is 3.03. The molecule has 0 atom stereocenters. The van der Waals surface area contributed by atoms with Crippen LogP contribution in [0.3, 0.4) is 0 Å². The minimum absolute atomic E-state index is 0.0711. The van der Waals surface area contributed by atoms with Crippen LogP contribution in [0.25, 0.3) is 0 Å². The first kappa shape index (κ1) is 12.7. The molecule has 88 valence electrons. The Morgan fingerprint density at radius 2 is 1.94 bits per heavy atom. The van der Waals surface area contributed by atoms with Crippen LogP contribution in [0.4, 0.5) is 0 Å². The van der Waals surface area contributed by atoms with Gasteiger partial charge in [-0.3, -0.25) is 4.79 Å². The van der Waals surface area contributed by atoms with Gasteiger partial charge in [0.15, 0.2) is 5.78 Å². The molecule has 3 nitrogen and oxygen atoms in total. The predicted octanol–water partition coefficient (Wildman–Crippen LogP) is 2.10. The largest absolute Gasteiger partial charge is 0.496 e. The van der Waals surface area contributed by atoms with Crippen molar-refractivity contribution < 1.29 is 9.53 Å². The molecule has 0 unspecified atom stereocenters. The summed E-state index contributed by atoms with van der Waals surface area (Å²) in [6, 6.07) is 3.81. The van der Waals surface area contributed by atoms with E-state index >= 15 is 0 Å². The Kier molecular flexibility index (Phi) is 4.50. The molecule has 0 bridgehead atoms. The average molecular weight is 221 g/mol. The lowest BCUT2D eigenvalue weighted by atomic mass is 10.0. The molecule has 0 heterocycles. The average Bonchev–Trinajstić information content (AvgIpc) is 2.28. The zero-order chi connectivity index (χ0) is 12.1. The van der Waals surface area contributed by atoms with E-state index in [1.807, 2.05) is 32.9 Å². The molecule has 1 rings (SSSR count). The van der Waals surface area contributed by atoms with Gasteiger partial charge in [-0.1, -0.05) is 6.92 Å². The fraction of sp³-hybridized carbons (Fsp3) is 0.462. The summed E-state index contributed by atoms with van der Waals surface area (Å²) >= 11 is 0. The zero-order valence-corrected chi connectivity index (χ0v) is 10.4. The van der Waals surface area contributed by atoms with Gasteiger partial charge < -0.3 is 10.1 Å². The number of carbonyl (C=O) groups is 1. The van der Waals surface area contributed by atoms with Crippen LogP contribution in [0.2, 0.25) is 0 Å². The number of methoxy groups -OCH3 is 1. The summed E-state index contributed by atoms with van der Waals surface area (Å²) in [6.07, 6.45) is 0. The first-order valence-electron chi connectivity index (χ1n) is 5.49. The summed E-state index contributed by atoms with van der Waals surface area (Å²) < 4.78 is 5.23. The maximum atomic E-state index is 11.9. The summed E-state index contributed by atoms with van der Waals surface area (Å²) in [6.45, 7) is 7.13. The molecule has 0 radical (unpaired) electrons. The first-order valence-corrected chi connectivity index (χ1v) is 5.49. The molecule has 0 aromatic heterocycles. The van der Waals surface area contributed by atoms with E-state index in [4.69, 9.17) is 4.74 Å². The maximum Gasteiger partial charge on any atom is 0.180 e. The molecule has 0 amide bonds. The smallest absolute Gasteiger partial charge is 0.180 e. The zero-order valence-electron chi connectivity index (χ0n) is 10.4. The van der Waals surface area contributed by atoms with Gasteiger partial charge in [-0.05, 0) is 43.7 Å². The Balaban J connectivity index is 3.02. The number of likely N-dealkylation sites (N-methyl/N-ethyl adjacent to an activating group) is 1. The van der Waals surface area contributed by atoms with Gasteiger partial charge in [0.05, 0.1) is 19.2 Å². The number of carbonyl (C=O) groups excluding carboxylic acids is 1. The highest BCUT2D eigenvalue weighted by atomic mass is 16.5. The Morgan fingerprint density at radius 1 is 1.31 bits per heavy atom. The third kappa shape index (κ3) is 2.83. The highest BCUT2D eigenvalue weighted by Gasteiger charge is 2.13. The Labute approximate surface area is 96.8 Å². The molecule has 1 N–H and O–H groups in total. The van der Waals surface area contributed by atoms with E-state index < -0.39 is 0 Å². The van der Waals surface area contributed by atoms with Crippen LogP contribution in [0.1, 0.15) is 28.4 Å². The highest BCUT2D eigenvalue weighted by molar-refractivity contribution is 6.00. The van der Waals surface area contributed by atoms with Crippen molar-refractivity contribution in [2.75, 3.05) is 20.2 Å². The normalized spacial score (nSPS) is 10.2. The number of benzene rings is 1. The first-order chi connectivity index (χ1) is 7.60. The second kappa shape index (κ2) is 5.66. The van der Waals surface area contributed by atoms with Gasteiger partial charge in [0.25, 0.3) is 0 Å². The molecular formula is C13H19NO2. The molecule has 0 aliphatic rings. The summed E-state index contributed by atoms with van der Waals surface area (Å²) in [5.74, 6) is 0.729. The third-order valence-electron chi connectivity index (χ3n) is 2.65. The van der Waals surface area contributed by atoms with E-state index in [1.54, 1.807) is 7.11 Å². The Hall–Kier alpha value is -1.35. The van der Waals surface area contributed by atoms with Gasteiger partial charge in [0.2, 0.25) is 0 Å². The summed E-state index contributed by atoms with van der Waals surface area (Å²) in [7, 11) is 1.59. The van der Waals surface area contributed by atoms with Crippen LogP contribution >= 0.6 is 0 Å². The minimum Gasteiger partial charge on any atom is -0.496 e. The van der Waals surface area contributed by atoms with Crippen molar-refractivity contribution in [2.24, 2.45) is 0 Å². The van der Waals surface area contributed by atoms with Crippen LogP contribution in [0.5, 0.6) is 5.75 Å². The van der Waals surface area contributed by atoms with Crippen molar-refractivity contribution in [3.63, 3.8) is 0 Å². The fourth-order valence-corrected chi connectivity index (χ4v) is 1.51. The molecule has 0 aliphatic heterocycles. The molecule has 3 heteroatoms. The van der Waals surface area contributed by atoms with Crippen molar-refractivity contribution in [1.82, 2.24) is 5.32 Å². The van der Waals surface area contributed by atoms with Crippen LogP contribution in [-0.4, -0.2) is 26.0 Å². The van der Waals surface area contributed by atoms with Crippen molar-refractivity contribution in [1.29, 1.82) is 0 Å². The van der Waals surface area contributed by atoms with Gasteiger partial charge in [-0.15, -0.1) is 0 Å².